The molecule has 7 nitrogen and oxygen atoms in total. The Bertz CT molecular complexity index is 1060. The molecular weight excluding hydrogens is 368 g/mol. The lowest BCUT2D eigenvalue weighted by Crippen LogP contribution is -2.14. The number of nitrogens with zero attached hydrogens (tertiary/aromatic N) is 4. The molecule has 4 aromatic rings. The van der Waals surface area contributed by atoms with Crippen LogP contribution in [0.3, 0.4) is 0 Å². The lowest BCUT2D eigenvalue weighted by Gasteiger charge is -2.04. The second-order valence-electron chi connectivity index (χ2n) is 5.61. The van der Waals surface area contributed by atoms with E-state index in [-0.39, 0.29) is 11.7 Å². The normalized spacial score (nSPS) is 11.0. The molecule has 0 fully saturated rings. The van der Waals surface area contributed by atoms with Gasteiger partial charge in [-0.3, -0.25) is 9.89 Å². The van der Waals surface area contributed by atoms with Crippen LogP contribution >= 0.6 is 23.5 Å². The van der Waals surface area contributed by atoms with Crippen molar-refractivity contribution < 1.29 is 4.79 Å². The number of thioether (sulfide) groups is 1. The van der Waals surface area contributed by atoms with Crippen molar-refractivity contribution in [3.63, 3.8) is 0 Å². The van der Waals surface area contributed by atoms with E-state index in [4.69, 9.17) is 0 Å². The van der Waals surface area contributed by atoms with E-state index in [1.165, 1.54) is 17.3 Å². The molecule has 0 atom stereocenters. The Hall–Kier alpha value is -2.78. The van der Waals surface area contributed by atoms with Crippen LogP contribution in [0.4, 0.5) is 5.69 Å². The lowest BCUT2D eigenvalue weighted by atomic mass is 10.1. The Morgan fingerprint density at radius 1 is 1.19 bits per heavy atom. The fourth-order valence-electron chi connectivity index (χ4n) is 2.37. The molecule has 2 N–H and O–H groups in total. The summed E-state index contributed by atoms with van der Waals surface area (Å²) in [6.07, 6.45) is 0. The summed E-state index contributed by atoms with van der Waals surface area (Å²) < 4.78 is 8.38. The number of H-pyrrole nitrogens is 1. The predicted molar refractivity (Wildman–Crippen MR) is 103 cm³/mol. The fourth-order valence-corrected chi connectivity index (χ4v) is 3.52. The van der Waals surface area contributed by atoms with Crippen molar-refractivity contribution in [1.82, 2.24) is 23.9 Å². The van der Waals surface area contributed by atoms with Gasteiger partial charge in [0.05, 0.1) is 23.2 Å². The summed E-state index contributed by atoms with van der Waals surface area (Å²) in [5, 5.41) is 10.5. The standard InChI is InChI=1S/C17H14N6OS2/c1-10-5-7-11(8-6-10)16-19-17(21-20-16)25-9-14(24)18-12-3-2-4-13-15(12)23-26-22-13/h2-8H,9H2,1H3,(H,18,24)(H,19,20,21). The van der Waals surface area contributed by atoms with Crippen LogP contribution in [0.5, 0.6) is 0 Å². The summed E-state index contributed by atoms with van der Waals surface area (Å²) in [5.74, 6) is 0.752. The van der Waals surface area contributed by atoms with Gasteiger partial charge in [0.2, 0.25) is 11.1 Å². The largest absolute Gasteiger partial charge is 0.323 e. The first kappa shape index (κ1) is 16.7. The number of carbonyl (C=O) groups is 1. The van der Waals surface area contributed by atoms with Crippen molar-refractivity contribution in [2.24, 2.45) is 0 Å². The highest BCUT2D eigenvalue weighted by molar-refractivity contribution is 7.99. The number of hydrogen-bond acceptors (Lipinski definition) is 7. The molecule has 0 aliphatic heterocycles. The molecule has 0 aliphatic carbocycles. The summed E-state index contributed by atoms with van der Waals surface area (Å²) in [4.78, 5) is 16.6. The van der Waals surface area contributed by atoms with Crippen LogP contribution < -0.4 is 5.32 Å². The van der Waals surface area contributed by atoms with Gasteiger partial charge in [0.1, 0.15) is 11.0 Å². The van der Waals surface area contributed by atoms with Gasteiger partial charge in [0.25, 0.3) is 0 Å². The second-order valence-corrected chi connectivity index (χ2v) is 7.08. The van der Waals surface area contributed by atoms with Crippen LogP contribution in [0.1, 0.15) is 5.56 Å². The van der Waals surface area contributed by atoms with Crippen LogP contribution in [0.15, 0.2) is 47.6 Å². The molecule has 0 aliphatic rings. The minimum atomic E-state index is -0.141. The third-order valence-corrected chi connectivity index (χ3v) is 5.07. The summed E-state index contributed by atoms with van der Waals surface area (Å²) in [7, 11) is 0. The Morgan fingerprint density at radius 2 is 2.04 bits per heavy atom. The van der Waals surface area contributed by atoms with E-state index >= 15 is 0 Å². The number of amides is 1. The molecular formula is C17H14N6OS2. The number of hydrogen-bond donors (Lipinski definition) is 2. The van der Waals surface area contributed by atoms with Crippen molar-refractivity contribution in [3.8, 4) is 11.4 Å². The van der Waals surface area contributed by atoms with Gasteiger partial charge in [-0.05, 0) is 19.1 Å². The van der Waals surface area contributed by atoms with Gasteiger partial charge >= 0.3 is 0 Å². The molecule has 130 valence electrons. The number of aryl methyl sites for hydroxylation is 1. The predicted octanol–water partition coefficient (Wildman–Crippen LogP) is 3.52. The lowest BCUT2D eigenvalue weighted by molar-refractivity contribution is -0.113. The van der Waals surface area contributed by atoms with Crippen LogP contribution in [0.25, 0.3) is 22.4 Å². The molecule has 2 heterocycles. The molecule has 26 heavy (non-hydrogen) atoms. The van der Waals surface area contributed by atoms with Gasteiger partial charge in [-0.1, -0.05) is 47.7 Å². The number of benzene rings is 2. The highest BCUT2D eigenvalue weighted by Gasteiger charge is 2.11. The maximum Gasteiger partial charge on any atom is 0.234 e. The number of nitrogens with one attached hydrogen (secondary N) is 2. The van der Waals surface area contributed by atoms with Gasteiger partial charge in [0.15, 0.2) is 5.82 Å². The zero-order chi connectivity index (χ0) is 17.9. The third kappa shape index (κ3) is 3.58. The minimum absolute atomic E-state index is 0.141. The number of carbonyl (C=O) groups excluding carboxylic acids is 1. The monoisotopic (exact) mass is 382 g/mol. The molecule has 0 radical (unpaired) electrons. The Balaban J connectivity index is 1.39. The van der Waals surface area contributed by atoms with E-state index in [0.717, 1.165) is 22.8 Å². The van der Waals surface area contributed by atoms with E-state index in [1.807, 2.05) is 49.4 Å². The van der Waals surface area contributed by atoms with E-state index in [9.17, 15) is 4.79 Å². The smallest absolute Gasteiger partial charge is 0.234 e. The molecule has 0 saturated heterocycles. The Kier molecular flexibility index (Phi) is 4.63. The molecule has 2 aromatic carbocycles. The minimum Gasteiger partial charge on any atom is -0.323 e. The summed E-state index contributed by atoms with van der Waals surface area (Å²) in [6.45, 7) is 2.03. The molecule has 0 bridgehead atoms. The van der Waals surface area contributed by atoms with Crippen molar-refractivity contribution in [3.05, 3.63) is 48.0 Å². The van der Waals surface area contributed by atoms with Crippen LogP contribution in [0, 0.1) is 6.92 Å². The number of anilines is 1. The van der Waals surface area contributed by atoms with Gasteiger partial charge in [-0.2, -0.15) is 8.75 Å². The van der Waals surface area contributed by atoms with Crippen molar-refractivity contribution in [2.75, 3.05) is 11.1 Å². The fraction of sp³-hybridized carbons (Fsp3) is 0.118. The second kappa shape index (κ2) is 7.22. The quantitative estimate of drug-likeness (QED) is 0.513. The zero-order valence-electron chi connectivity index (χ0n) is 13.8. The van der Waals surface area contributed by atoms with Crippen LogP contribution in [-0.2, 0) is 4.79 Å². The maximum atomic E-state index is 12.2. The topological polar surface area (TPSA) is 96.5 Å². The van der Waals surface area contributed by atoms with Crippen LogP contribution in [0.2, 0.25) is 0 Å². The van der Waals surface area contributed by atoms with E-state index < -0.39 is 0 Å². The van der Waals surface area contributed by atoms with Crippen LogP contribution in [-0.4, -0.2) is 35.6 Å². The number of fused-ring (bicyclic) bond motifs is 1. The summed E-state index contributed by atoms with van der Waals surface area (Å²) >= 11 is 2.40. The number of rotatable bonds is 5. The summed E-state index contributed by atoms with van der Waals surface area (Å²) in [5.41, 5.74) is 4.29. The highest BCUT2D eigenvalue weighted by Crippen LogP contribution is 2.23. The van der Waals surface area contributed by atoms with Crippen molar-refractivity contribution in [2.45, 2.75) is 12.1 Å². The first-order chi connectivity index (χ1) is 12.7. The van der Waals surface area contributed by atoms with E-state index in [1.54, 1.807) is 0 Å². The van der Waals surface area contributed by atoms with Crippen molar-refractivity contribution in [1.29, 1.82) is 0 Å². The number of aromatic amines is 1. The first-order valence-electron chi connectivity index (χ1n) is 7.82. The molecule has 1 amide bonds. The molecule has 0 saturated carbocycles. The van der Waals surface area contributed by atoms with E-state index in [2.05, 4.69) is 29.2 Å². The van der Waals surface area contributed by atoms with Gasteiger partial charge in [-0.15, -0.1) is 5.10 Å². The highest BCUT2D eigenvalue weighted by atomic mass is 32.2. The zero-order valence-corrected chi connectivity index (χ0v) is 15.4. The first-order valence-corrected chi connectivity index (χ1v) is 9.54. The Morgan fingerprint density at radius 3 is 2.88 bits per heavy atom. The van der Waals surface area contributed by atoms with Gasteiger partial charge in [0, 0.05) is 5.56 Å². The molecule has 0 spiro atoms. The average Bonchev–Trinajstić information content (AvgIpc) is 3.30. The number of aromatic nitrogens is 5. The van der Waals surface area contributed by atoms with Gasteiger partial charge in [-0.25, -0.2) is 4.98 Å². The molecule has 0 unspecified atom stereocenters. The maximum absolute atomic E-state index is 12.2. The van der Waals surface area contributed by atoms with Crippen molar-refractivity contribution >= 4 is 46.1 Å². The molecule has 4 rings (SSSR count). The SMILES string of the molecule is Cc1ccc(-c2nc(SCC(=O)Nc3cccc4nsnc34)n[nH]2)cc1. The van der Waals surface area contributed by atoms with Gasteiger partial charge < -0.3 is 5.32 Å². The molecule has 2 aromatic heterocycles. The average molecular weight is 382 g/mol. The third-order valence-electron chi connectivity index (χ3n) is 3.68. The molecule has 9 heteroatoms. The Labute approximate surface area is 157 Å². The summed E-state index contributed by atoms with van der Waals surface area (Å²) in [6, 6.07) is 13.5. The van der Waals surface area contributed by atoms with E-state index in [0.29, 0.717) is 22.2 Å².